The number of carbonyl (C=O) groups excluding carboxylic acids is 2. The van der Waals surface area contributed by atoms with Crippen molar-refractivity contribution < 1.29 is 29.5 Å². The van der Waals surface area contributed by atoms with Crippen molar-refractivity contribution in [3.63, 3.8) is 0 Å². The number of aliphatic hydroxyl groups is 1. The number of aliphatic hydroxyl groups excluding tert-OH is 1. The average Bonchev–Trinajstić information content (AvgIpc) is 3.52. The van der Waals surface area contributed by atoms with Crippen LogP contribution in [-0.2, 0) is 20.8 Å². The predicted molar refractivity (Wildman–Crippen MR) is 156 cm³/mol. The molecule has 0 saturated carbocycles. The van der Waals surface area contributed by atoms with Crippen LogP contribution in [0.1, 0.15) is 60.6 Å². The third-order valence-electron chi connectivity index (χ3n) is 8.67. The zero-order valence-electron chi connectivity index (χ0n) is 23.4. The van der Waals surface area contributed by atoms with E-state index >= 15 is 0 Å². The number of imide groups is 1. The van der Waals surface area contributed by atoms with E-state index < -0.39 is 25.1 Å². The van der Waals surface area contributed by atoms with Crippen molar-refractivity contribution in [1.29, 1.82) is 0 Å². The monoisotopic (exact) mass is 563 g/mol. The van der Waals surface area contributed by atoms with Crippen LogP contribution in [0.25, 0.3) is 6.08 Å². The van der Waals surface area contributed by atoms with Crippen LogP contribution in [-0.4, -0.2) is 51.8 Å². The fourth-order valence-electron chi connectivity index (χ4n) is 6.90. The second kappa shape index (κ2) is 12.0. The maximum atomic E-state index is 13.6. The van der Waals surface area contributed by atoms with Gasteiger partial charge in [0, 0.05) is 4.88 Å². The number of aryl methyl sites for hydroxylation is 2. The highest BCUT2D eigenvalue weighted by Crippen LogP contribution is 2.50. The van der Waals surface area contributed by atoms with Crippen LogP contribution in [0.5, 0.6) is 5.75 Å². The molecule has 0 radical (unpaired) electrons. The lowest BCUT2D eigenvalue weighted by molar-refractivity contribution is -0.140. The molecule has 2 amide bonds. The van der Waals surface area contributed by atoms with Crippen molar-refractivity contribution in [3.8, 4) is 5.75 Å². The number of benzene rings is 1. The Hall–Kier alpha value is -2.72. The molecule has 2 fully saturated rings. The van der Waals surface area contributed by atoms with Crippen LogP contribution >= 0.6 is 11.3 Å². The van der Waals surface area contributed by atoms with E-state index in [2.05, 4.69) is 13.0 Å². The van der Waals surface area contributed by atoms with E-state index in [-0.39, 0.29) is 37.2 Å². The molecule has 0 unspecified atom stereocenters. The summed E-state index contributed by atoms with van der Waals surface area (Å²) in [5, 5.41) is 33.2. The lowest BCUT2D eigenvalue weighted by Crippen LogP contribution is -2.46. The quantitative estimate of drug-likeness (QED) is 0.225. The van der Waals surface area contributed by atoms with E-state index in [9.17, 15) is 24.8 Å². The summed E-state index contributed by atoms with van der Waals surface area (Å²) in [5.74, 6) is -1.42. The standard InChI is InChI=1S/C31H38BNO6S/c1-4-6-20(13-21-11-18(2)29(35)19(3)12-21)8-9-26-27-22(17-34)14-24-28(25(27)15-32(38)39-26)31(37)33(30(24)36)16-23-7-5-10-40-23/h5,7,10-13,24-26,28,34-35,38H,4,6,8-9,14-17H2,1-3H3/b20-13+/t24-,25+,26-,28-/m1/s1. The molecule has 0 spiro atoms. The summed E-state index contributed by atoms with van der Waals surface area (Å²) in [6.45, 7) is 6.00. The van der Waals surface area contributed by atoms with Gasteiger partial charge in [0.2, 0.25) is 11.8 Å². The minimum Gasteiger partial charge on any atom is -0.507 e. The molecule has 212 valence electrons. The number of carbonyl (C=O) groups is 2. The molecule has 2 saturated heterocycles. The number of phenols is 1. The molecule has 7 nitrogen and oxygen atoms in total. The van der Waals surface area contributed by atoms with Gasteiger partial charge in [-0.1, -0.05) is 31.1 Å². The normalized spacial score (nSPS) is 25.1. The van der Waals surface area contributed by atoms with Crippen LogP contribution in [0, 0.1) is 31.6 Å². The number of aromatic hydroxyl groups is 1. The number of hydrogen-bond acceptors (Lipinski definition) is 7. The topological polar surface area (TPSA) is 107 Å². The zero-order valence-corrected chi connectivity index (χ0v) is 24.2. The molecule has 5 rings (SSSR count). The first-order valence-electron chi connectivity index (χ1n) is 14.2. The lowest BCUT2D eigenvalue weighted by atomic mass is 9.58. The first-order chi connectivity index (χ1) is 19.2. The van der Waals surface area contributed by atoms with Crippen LogP contribution in [0.15, 0.2) is 46.4 Å². The van der Waals surface area contributed by atoms with Crippen molar-refractivity contribution in [2.45, 2.75) is 71.8 Å². The molecule has 3 N–H and O–H groups in total. The number of rotatable bonds is 9. The summed E-state index contributed by atoms with van der Waals surface area (Å²) in [7, 11) is -1.03. The van der Waals surface area contributed by atoms with Gasteiger partial charge >= 0.3 is 7.12 Å². The molecular weight excluding hydrogens is 525 g/mol. The second-order valence-corrected chi connectivity index (χ2v) is 12.4. The van der Waals surface area contributed by atoms with E-state index in [0.717, 1.165) is 52.0 Å². The summed E-state index contributed by atoms with van der Waals surface area (Å²) < 4.78 is 6.06. The van der Waals surface area contributed by atoms with E-state index in [1.807, 2.05) is 43.5 Å². The number of allylic oxidation sites excluding steroid dienone is 1. The highest BCUT2D eigenvalue weighted by molar-refractivity contribution is 7.09. The van der Waals surface area contributed by atoms with Gasteiger partial charge in [-0.3, -0.25) is 14.5 Å². The number of nitrogens with zero attached hydrogens (tertiary/aromatic N) is 1. The molecule has 3 heterocycles. The lowest BCUT2D eigenvalue weighted by Gasteiger charge is -2.43. The number of thiophene rings is 1. The Morgan fingerprint density at radius 2 is 1.93 bits per heavy atom. The smallest absolute Gasteiger partial charge is 0.455 e. The molecule has 4 atom stereocenters. The third kappa shape index (κ3) is 5.57. The summed E-state index contributed by atoms with van der Waals surface area (Å²) in [6.07, 6.45) is 5.53. The number of likely N-dealkylation sites (tertiary alicyclic amines) is 1. The Kier molecular flexibility index (Phi) is 8.66. The maximum absolute atomic E-state index is 13.6. The molecule has 40 heavy (non-hydrogen) atoms. The van der Waals surface area contributed by atoms with Crippen LogP contribution in [0.2, 0.25) is 6.32 Å². The molecule has 3 aliphatic rings. The molecular formula is C31H38BNO6S. The second-order valence-electron chi connectivity index (χ2n) is 11.4. The molecule has 2 aromatic rings. The maximum Gasteiger partial charge on any atom is 0.455 e. The Morgan fingerprint density at radius 3 is 2.58 bits per heavy atom. The zero-order chi connectivity index (χ0) is 28.6. The molecule has 2 aliphatic heterocycles. The summed E-state index contributed by atoms with van der Waals surface area (Å²) >= 11 is 1.52. The van der Waals surface area contributed by atoms with E-state index in [0.29, 0.717) is 18.6 Å². The molecule has 9 heteroatoms. The highest BCUT2D eigenvalue weighted by atomic mass is 32.1. The van der Waals surface area contributed by atoms with Gasteiger partial charge in [0.05, 0.1) is 31.1 Å². The summed E-state index contributed by atoms with van der Waals surface area (Å²) in [6, 6.07) is 7.79. The Bertz CT molecular complexity index is 1310. The SMILES string of the molecule is CCC/C(=C\c1cc(C)c(O)c(C)c1)CC[C@H]1OB(O)C[C@H]2C1=C(CO)C[C@H]1C(=O)N(Cc3cccs3)C(=O)[C@H]12. The number of fused-ring (bicyclic) bond motifs is 3. The van der Waals surface area contributed by atoms with Gasteiger partial charge in [-0.25, -0.2) is 0 Å². The molecule has 1 aliphatic carbocycles. The highest BCUT2D eigenvalue weighted by Gasteiger charge is 2.57. The largest absolute Gasteiger partial charge is 0.507 e. The summed E-state index contributed by atoms with van der Waals surface area (Å²) in [4.78, 5) is 29.4. The molecule has 0 bridgehead atoms. The first kappa shape index (κ1) is 28.8. The van der Waals surface area contributed by atoms with Crippen LogP contribution < -0.4 is 0 Å². The first-order valence-corrected chi connectivity index (χ1v) is 15.1. The summed E-state index contributed by atoms with van der Waals surface area (Å²) in [5.41, 5.74) is 5.62. The van der Waals surface area contributed by atoms with E-state index in [1.54, 1.807) is 0 Å². The van der Waals surface area contributed by atoms with Gasteiger partial charge in [0.1, 0.15) is 5.75 Å². The van der Waals surface area contributed by atoms with Crippen molar-refractivity contribution in [3.05, 3.63) is 67.9 Å². The number of hydrogen-bond donors (Lipinski definition) is 3. The van der Waals surface area contributed by atoms with E-state index in [4.69, 9.17) is 4.65 Å². The van der Waals surface area contributed by atoms with Crippen molar-refractivity contribution in [1.82, 2.24) is 4.90 Å². The fraction of sp³-hybridized carbons (Fsp3) is 0.484. The fourth-order valence-corrected chi connectivity index (χ4v) is 7.60. The van der Waals surface area contributed by atoms with Crippen LogP contribution in [0.4, 0.5) is 0 Å². The number of amides is 2. The van der Waals surface area contributed by atoms with Gasteiger partial charge in [-0.15, -0.1) is 11.3 Å². The number of phenolic OH excluding ortho intramolecular Hbond substituents is 1. The minimum absolute atomic E-state index is 0.180. The Morgan fingerprint density at radius 1 is 1.18 bits per heavy atom. The minimum atomic E-state index is -1.03. The van der Waals surface area contributed by atoms with Gasteiger partial charge in [-0.05, 0) is 103 Å². The van der Waals surface area contributed by atoms with E-state index in [1.165, 1.54) is 21.8 Å². The van der Waals surface area contributed by atoms with Crippen molar-refractivity contribution in [2.24, 2.45) is 17.8 Å². The molecule has 1 aromatic heterocycles. The third-order valence-corrected chi connectivity index (χ3v) is 9.53. The van der Waals surface area contributed by atoms with Gasteiger partial charge in [-0.2, -0.15) is 0 Å². The molecule has 1 aromatic carbocycles. The van der Waals surface area contributed by atoms with Gasteiger partial charge in [0.15, 0.2) is 0 Å². The predicted octanol–water partition coefficient (Wildman–Crippen LogP) is 5.02. The van der Waals surface area contributed by atoms with Crippen molar-refractivity contribution >= 4 is 36.3 Å². The average molecular weight is 564 g/mol. The van der Waals surface area contributed by atoms with Gasteiger partial charge < -0.3 is 19.9 Å². The van der Waals surface area contributed by atoms with Crippen molar-refractivity contribution in [2.75, 3.05) is 6.61 Å². The Balaban J connectivity index is 1.40. The Labute approximate surface area is 240 Å². The van der Waals surface area contributed by atoms with Crippen LogP contribution in [0.3, 0.4) is 0 Å². The van der Waals surface area contributed by atoms with Gasteiger partial charge in [0.25, 0.3) is 0 Å².